The van der Waals surface area contributed by atoms with Crippen molar-refractivity contribution in [3.63, 3.8) is 0 Å². The highest BCUT2D eigenvalue weighted by Crippen LogP contribution is 2.36. The van der Waals surface area contributed by atoms with Gasteiger partial charge in [-0.1, -0.05) is 30.3 Å². The molecule has 1 aliphatic heterocycles. The van der Waals surface area contributed by atoms with Crippen LogP contribution in [-0.4, -0.2) is 41.2 Å². The highest BCUT2D eigenvalue weighted by molar-refractivity contribution is 5.83. The van der Waals surface area contributed by atoms with Gasteiger partial charge in [0.05, 0.1) is 7.11 Å². The van der Waals surface area contributed by atoms with Crippen molar-refractivity contribution in [2.75, 3.05) is 20.2 Å². The number of aromatic nitrogens is 1. The molecule has 4 rings (SSSR count). The van der Waals surface area contributed by atoms with E-state index in [1.165, 1.54) is 10.9 Å². The first-order chi connectivity index (χ1) is 13.2. The fourth-order valence-corrected chi connectivity index (χ4v) is 4.22. The fourth-order valence-electron chi connectivity index (χ4n) is 4.22. The highest BCUT2D eigenvalue weighted by atomic mass is 16.5. The van der Waals surface area contributed by atoms with Gasteiger partial charge in [0.2, 0.25) is 0 Å². The maximum atomic E-state index is 12.0. The number of carboxylic acids is 1. The maximum Gasteiger partial charge on any atom is 0.325 e. The molecule has 0 aliphatic carbocycles. The lowest BCUT2D eigenvalue weighted by Gasteiger charge is -2.36. The van der Waals surface area contributed by atoms with Crippen LogP contribution in [0.5, 0.6) is 5.75 Å². The molecule has 27 heavy (non-hydrogen) atoms. The Morgan fingerprint density at radius 3 is 2.70 bits per heavy atom. The number of rotatable bonds is 5. The second kappa shape index (κ2) is 7.45. The van der Waals surface area contributed by atoms with Crippen LogP contribution >= 0.6 is 0 Å². The molecule has 1 atom stereocenters. The van der Waals surface area contributed by atoms with Crippen molar-refractivity contribution < 1.29 is 14.6 Å². The van der Waals surface area contributed by atoms with Gasteiger partial charge in [0.1, 0.15) is 11.8 Å². The smallest absolute Gasteiger partial charge is 0.325 e. The van der Waals surface area contributed by atoms with Gasteiger partial charge in [-0.2, -0.15) is 0 Å². The summed E-state index contributed by atoms with van der Waals surface area (Å²) in [6, 6.07) is 15.1. The molecule has 0 spiro atoms. The zero-order valence-electron chi connectivity index (χ0n) is 15.4. The van der Waals surface area contributed by atoms with Crippen molar-refractivity contribution in [2.45, 2.75) is 24.8 Å². The molecule has 1 fully saturated rings. The Balaban J connectivity index is 1.52. The largest absolute Gasteiger partial charge is 0.497 e. The zero-order chi connectivity index (χ0) is 18.8. The van der Waals surface area contributed by atoms with Crippen LogP contribution in [0.4, 0.5) is 0 Å². The van der Waals surface area contributed by atoms with Crippen molar-refractivity contribution in [3.05, 3.63) is 65.9 Å². The summed E-state index contributed by atoms with van der Waals surface area (Å²) in [5.74, 6) is 0.332. The van der Waals surface area contributed by atoms with Gasteiger partial charge in [-0.15, -0.1) is 0 Å². The molecule has 0 saturated carbocycles. The van der Waals surface area contributed by atoms with Crippen LogP contribution in [0.2, 0.25) is 0 Å². The Morgan fingerprint density at radius 1 is 1.19 bits per heavy atom. The van der Waals surface area contributed by atoms with Gasteiger partial charge in [-0.25, -0.2) is 0 Å². The van der Waals surface area contributed by atoms with E-state index in [9.17, 15) is 9.90 Å². The number of ether oxygens (including phenoxy) is 1. The predicted octanol–water partition coefficient (Wildman–Crippen LogP) is 4.18. The van der Waals surface area contributed by atoms with Gasteiger partial charge in [0.25, 0.3) is 0 Å². The number of hydrogen-bond donors (Lipinski definition) is 2. The minimum Gasteiger partial charge on any atom is -0.497 e. The number of benzene rings is 2. The lowest BCUT2D eigenvalue weighted by atomic mass is 9.88. The molecule has 2 N–H and O–H groups in total. The summed E-state index contributed by atoms with van der Waals surface area (Å²) in [6.45, 7) is 1.52. The number of carbonyl (C=O) groups is 1. The van der Waals surface area contributed by atoms with E-state index in [0.717, 1.165) is 37.0 Å². The van der Waals surface area contributed by atoms with Crippen LogP contribution in [0.3, 0.4) is 0 Å². The lowest BCUT2D eigenvalue weighted by Crippen LogP contribution is -2.39. The van der Waals surface area contributed by atoms with Crippen molar-refractivity contribution >= 4 is 16.9 Å². The molecule has 3 aromatic rings. The summed E-state index contributed by atoms with van der Waals surface area (Å²) >= 11 is 0. The molecule has 2 aromatic carbocycles. The Bertz CT molecular complexity index is 941. The molecule has 5 heteroatoms. The van der Waals surface area contributed by atoms with E-state index in [2.05, 4.69) is 34.3 Å². The fraction of sp³-hybridized carbons (Fsp3) is 0.318. The monoisotopic (exact) mass is 364 g/mol. The van der Waals surface area contributed by atoms with Crippen LogP contribution < -0.4 is 4.74 Å². The normalized spacial score (nSPS) is 17.1. The second-order valence-electron chi connectivity index (χ2n) is 7.12. The second-order valence-corrected chi connectivity index (χ2v) is 7.12. The Kier molecular flexibility index (Phi) is 4.86. The predicted molar refractivity (Wildman–Crippen MR) is 105 cm³/mol. The lowest BCUT2D eigenvalue weighted by molar-refractivity contribution is -0.144. The number of aliphatic carboxylic acids is 1. The van der Waals surface area contributed by atoms with Crippen molar-refractivity contribution in [1.29, 1.82) is 0 Å². The summed E-state index contributed by atoms with van der Waals surface area (Å²) in [5, 5.41) is 11.1. The number of nitrogens with one attached hydrogen (secondary N) is 1. The minimum absolute atomic E-state index is 0.456. The number of methoxy groups -OCH3 is 1. The first kappa shape index (κ1) is 17.6. The molecule has 1 saturated heterocycles. The van der Waals surface area contributed by atoms with Crippen LogP contribution in [0.1, 0.15) is 35.9 Å². The number of carboxylic acid groups (broad SMARTS) is 1. The molecule has 1 aliphatic rings. The molecule has 5 nitrogen and oxygen atoms in total. The van der Waals surface area contributed by atoms with E-state index < -0.39 is 12.0 Å². The third-order valence-corrected chi connectivity index (χ3v) is 5.60. The standard InChI is InChI=1S/C22H24N2O3/c1-27-17-6-4-5-16(13-17)21(22(25)26)24-11-9-15(10-12-24)19-14-23-20-8-3-2-7-18(19)20/h2-8,13-15,21,23H,9-12H2,1H3,(H,25,26). The number of H-pyrrole nitrogens is 1. The Hall–Kier alpha value is -2.79. The molecule has 1 aromatic heterocycles. The molecule has 0 radical (unpaired) electrons. The average molecular weight is 364 g/mol. The number of hydrogen-bond acceptors (Lipinski definition) is 3. The third-order valence-electron chi connectivity index (χ3n) is 5.60. The van der Waals surface area contributed by atoms with Gasteiger partial charge >= 0.3 is 5.97 Å². The number of piperidine rings is 1. The average Bonchev–Trinajstić information content (AvgIpc) is 3.13. The molecule has 0 bridgehead atoms. The number of likely N-dealkylation sites (tertiary alicyclic amines) is 1. The van der Waals surface area contributed by atoms with E-state index >= 15 is 0 Å². The van der Waals surface area contributed by atoms with Crippen LogP contribution in [-0.2, 0) is 4.79 Å². The van der Waals surface area contributed by atoms with Crippen LogP contribution in [0.15, 0.2) is 54.7 Å². The Morgan fingerprint density at radius 2 is 1.96 bits per heavy atom. The van der Waals surface area contributed by atoms with Gasteiger partial charge in [0.15, 0.2) is 0 Å². The van der Waals surface area contributed by atoms with Crippen LogP contribution in [0.25, 0.3) is 10.9 Å². The first-order valence-electron chi connectivity index (χ1n) is 9.34. The van der Waals surface area contributed by atoms with Crippen molar-refractivity contribution in [3.8, 4) is 5.75 Å². The zero-order valence-corrected chi connectivity index (χ0v) is 15.4. The third kappa shape index (κ3) is 3.43. The van der Waals surface area contributed by atoms with E-state index in [4.69, 9.17) is 4.74 Å². The molecular weight excluding hydrogens is 340 g/mol. The first-order valence-corrected chi connectivity index (χ1v) is 9.34. The van der Waals surface area contributed by atoms with Gasteiger partial charge < -0.3 is 14.8 Å². The van der Waals surface area contributed by atoms with Crippen LogP contribution in [0, 0.1) is 0 Å². The minimum atomic E-state index is -0.811. The van der Waals surface area contributed by atoms with E-state index in [1.54, 1.807) is 7.11 Å². The highest BCUT2D eigenvalue weighted by Gasteiger charge is 2.32. The van der Waals surface area contributed by atoms with Gasteiger partial charge in [0, 0.05) is 17.1 Å². The molecule has 1 unspecified atom stereocenters. The summed E-state index contributed by atoms with van der Waals surface area (Å²) in [7, 11) is 1.60. The van der Waals surface area contributed by atoms with Gasteiger partial charge in [-0.3, -0.25) is 9.69 Å². The molecular formula is C22H24N2O3. The van der Waals surface area contributed by atoms with Crippen molar-refractivity contribution in [2.24, 2.45) is 0 Å². The topological polar surface area (TPSA) is 65.6 Å². The molecule has 0 amide bonds. The Labute approximate surface area is 158 Å². The van der Waals surface area contributed by atoms with E-state index in [-0.39, 0.29) is 0 Å². The number of nitrogens with zero attached hydrogens (tertiary/aromatic N) is 1. The maximum absolute atomic E-state index is 12.0. The SMILES string of the molecule is COc1cccc(C(C(=O)O)N2CCC(c3c[nH]c4ccccc34)CC2)c1. The van der Waals surface area contributed by atoms with E-state index in [1.807, 2.05) is 30.3 Å². The number of fused-ring (bicyclic) bond motifs is 1. The summed E-state index contributed by atoms with van der Waals surface area (Å²) in [6.07, 6.45) is 4.02. The number of para-hydroxylation sites is 1. The number of aromatic amines is 1. The van der Waals surface area contributed by atoms with E-state index in [0.29, 0.717) is 11.7 Å². The summed E-state index contributed by atoms with van der Waals surface area (Å²) in [5.41, 5.74) is 3.28. The van der Waals surface area contributed by atoms with Crippen molar-refractivity contribution in [1.82, 2.24) is 9.88 Å². The molecule has 140 valence electrons. The molecule has 2 heterocycles. The quantitative estimate of drug-likeness (QED) is 0.713. The summed E-state index contributed by atoms with van der Waals surface area (Å²) in [4.78, 5) is 17.4. The van der Waals surface area contributed by atoms with Gasteiger partial charge in [-0.05, 0) is 61.2 Å². The summed E-state index contributed by atoms with van der Waals surface area (Å²) < 4.78 is 5.26.